The summed E-state index contributed by atoms with van der Waals surface area (Å²) >= 11 is 3.39. The first-order valence-corrected chi connectivity index (χ1v) is 5.11. The van der Waals surface area contributed by atoms with Gasteiger partial charge in [0.05, 0.1) is 6.26 Å². The summed E-state index contributed by atoms with van der Waals surface area (Å²) in [7, 11) is 0. The third kappa shape index (κ3) is 2.36. The van der Waals surface area contributed by atoms with Crippen LogP contribution in [0.5, 0.6) is 0 Å². The summed E-state index contributed by atoms with van der Waals surface area (Å²) in [6, 6.07) is 11.9. The van der Waals surface area contributed by atoms with Crippen LogP contribution in [-0.2, 0) is 0 Å². The highest BCUT2D eigenvalue weighted by Gasteiger charge is 1.89. The summed E-state index contributed by atoms with van der Waals surface area (Å²) in [6.45, 7) is 0. The predicted molar refractivity (Wildman–Crippen MR) is 61.8 cm³/mol. The second kappa shape index (κ2) is 4.29. The fourth-order valence-electron chi connectivity index (χ4n) is 1.14. The van der Waals surface area contributed by atoms with Crippen molar-refractivity contribution in [3.8, 4) is 0 Å². The summed E-state index contributed by atoms with van der Waals surface area (Å²) in [5.41, 5.74) is 1.16. The largest absolute Gasteiger partial charge is 0.465 e. The maximum Gasteiger partial charge on any atom is 0.126 e. The van der Waals surface area contributed by atoms with Crippen LogP contribution < -0.4 is 0 Å². The Kier molecular flexibility index (Phi) is 2.84. The maximum atomic E-state index is 5.18. The highest BCUT2D eigenvalue weighted by Crippen LogP contribution is 2.13. The van der Waals surface area contributed by atoms with Gasteiger partial charge in [-0.15, -0.1) is 0 Å². The molecule has 0 aliphatic rings. The minimum atomic E-state index is 0.868. The van der Waals surface area contributed by atoms with Crippen LogP contribution in [0.25, 0.3) is 12.2 Å². The smallest absolute Gasteiger partial charge is 0.126 e. The van der Waals surface area contributed by atoms with Gasteiger partial charge >= 0.3 is 0 Å². The average Bonchev–Trinajstić information content (AvgIpc) is 2.70. The number of furan rings is 1. The van der Waals surface area contributed by atoms with Crippen molar-refractivity contribution in [3.63, 3.8) is 0 Å². The molecule has 1 aromatic heterocycles. The summed E-state index contributed by atoms with van der Waals surface area (Å²) in [4.78, 5) is 0. The van der Waals surface area contributed by atoms with Crippen molar-refractivity contribution in [1.82, 2.24) is 0 Å². The molecule has 2 aromatic rings. The van der Waals surface area contributed by atoms with E-state index in [-0.39, 0.29) is 0 Å². The first kappa shape index (κ1) is 9.28. The maximum absolute atomic E-state index is 5.18. The molecule has 1 heterocycles. The third-order valence-electron chi connectivity index (χ3n) is 1.85. The van der Waals surface area contributed by atoms with Crippen LogP contribution in [0.1, 0.15) is 11.3 Å². The lowest BCUT2D eigenvalue weighted by molar-refractivity contribution is 0.557. The molecule has 0 saturated carbocycles. The molecular weight excluding hydrogens is 240 g/mol. The Hall–Kier alpha value is -1.28. The van der Waals surface area contributed by atoms with Gasteiger partial charge in [0.25, 0.3) is 0 Å². The molecule has 0 amide bonds. The molecule has 1 aromatic carbocycles. The van der Waals surface area contributed by atoms with Crippen LogP contribution in [0.4, 0.5) is 0 Å². The molecule has 0 unspecified atom stereocenters. The zero-order valence-corrected chi connectivity index (χ0v) is 9.07. The Morgan fingerprint density at radius 1 is 1.00 bits per heavy atom. The van der Waals surface area contributed by atoms with Gasteiger partial charge in [0.15, 0.2) is 0 Å². The Morgan fingerprint density at radius 3 is 2.43 bits per heavy atom. The quantitative estimate of drug-likeness (QED) is 0.776. The van der Waals surface area contributed by atoms with Crippen molar-refractivity contribution in [2.45, 2.75) is 0 Å². The van der Waals surface area contributed by atoms with Gasteiger partial charge in [-0.25, -0.2) is 0 Å². The molecule has 2 rings (SSSR count). The van der Waals surface area contributed by atoms with E-state index >= 15 is 0 Å². The molecule has 0 radical (unpaired) electrons. The van der Waals surface area contributed by atoms with Crippen LogP contribution in [-0.4, -0.2) is 0 Å². The Morgan fingerprint density at radius 2 is 1.79 bits per heavy atom. The topological polar surface area (TPSA) is 13.1 Å². The monoisotopic (exact) mass is 248 g/mol. The standard InChI is InChI=1S/C12H9BrO/c13-11-6-3-10(4-7-11)5-8-12-2-1-9-14-12/h1-9H/b8-5-. The van der Waals surface area contributed by atoms with E-state index in [1.807, 2.05) is 48.6 Å². The van der Waals surface area contributed by atoms with Gasteiger partial charge in [-0.05, 0) is 35.9 Å². The molecule has 0 spiro atoms. The third-order valence-corrected chi connectivity index (χ3v) is 2.38. The van der Waals surface area contributed by atoms with Crippen molar-refractivity contribution in [1.29, 1.82) is 0 Å². The van der Waals surface area contributed by atoms with Crippen molar-refractivity contribution < 1.29 is 4.42 Å². The van der Waals surface area contributed by atoms with E-state index in [4.69, 9.17) is 4.42 Å². The molecule has 70 valence electrons. The summed E-state index contributed by atoms with van der Waals surface area (Å²) in [6.07, 6.45) is 5.63. The number of hydrogen-bond donors (Lipinski definition) is 0. The zero-order valence-electron chi connectivity index (χ0n) is 7.48. The molecule has 0 aliphatic carbocycles. The molecule has 0 N–H and O–H groups in total. The molecule has 0 saturated heterocycles. The fraction of sp³-hybridized carbons (Fsp3) is 0. The highest BCUT2D eigenvalue weighted by molar-refractivity contribution is 9.10. The zero-order chi connectivity index (χ0) is 9.80. The normalized spacial score (nSPS) is 10.9. The van der Waals surface area contributed by atoms with Crippen molar-refractivity contribution in [3.05, 3.63) is 58.5 Å². The van der Waals surface area contributed by atoms with E-state index < -0.39 is 0 Å². The van der Waals surface area contributed by atoms with E-state index in [9.17, 15) is 0 Å². The van der Waals surface area contributed by atoms with E-state index in [1.165, 1.54) is 0 Å². The number of hydrogen-bond acceptors (Lipinski definition) is 1. The summed E-state index contributed by atoms with van der Waals surface area (Å²) in [5, 5.41) is 0. The molecule has 2 heteroatoms. The molecule has 14 heavy (non-hydrogen) atoms. The lowest BCUT2D eigenvalue weighted by atomic mass is 10.2. The first-order valence-electron chi connectivity index (χ1n) is 4.32. The first-order chi connectivity index (χ1) is 6.84. The van der Waals surface area contributed by atoms with E-state index in [2.05, 4.69) is 15.9 Å². The minimum Gasteiger partial charge on any atom is -0.465 e. The Bertz CT molecular complexity index is 412. The lowest BCUT2D eigenvalue weighted by Gasteiger charge is -1.92. The minimum absolute atomic E-state index is 0.868. The number of rotatable bonds is 2. The molecule has 1 nitrogen and oxygen atoms in total. The molecule has 0 aliphatic heterocycles. The van der Waals surface area contributed by atoms with Crippen molar-refractivity contribution >= 4 is 28.1 Å². The molecule has 0 bridgehead atoms. The average molecular weight is 249 g/mol. The number of halogens is 1. The van der Waals surface area contributed by atoms with Gasteiger partial charge in [-0.3, -0.25) is 0 Å². The van der Waals surface area contributed by atoms with Gasteiger partial charge in [0.2, 0.25) is 0 Å². The second-order valence-electron chi connectivity index (χ2n) is 2.90. The van der Waals surface area contributed by atoms with Crippen LogP contribution >= 0.6 is 15.9 Å². The van der Waals surface area contributed by atoms with Gasteiger partial charge in [0, 0.05) is 4.47 Å². The summed E-state index contributed by atoms with van der Waals surface area (Å²) in [5.74, 6) is 0.868. The number of benzene rings is 1. The van der Waals surface area contributed by atoms with E-state index in [0.717, 1.165) is 15.8 Å². The van der Waals surface area contributed by atoms with Gasteiger partial charge in [0.1, 0.15) is 5.76 Å². The highest BCUT2D eigenvalue weighted by atomic mass is 79.9. The molecule has 0 fully saturated rings. The van der Waals surface area contributed by atoms with Crippen molar-refractivity contribution in [2.75, 3.05) is 0 Å². The van der Waals surface area contributed by atoms with Crippen LogP contribution in [0, 0.1) is 0 Å². The van der Waals surface area contributed by atoms with Gasteiger partial charge in [-0.1, -0.05) is 34.1 Å². The predicted octanol–water partition coefficient (Wildman–Crippen LogP) is 4.21. The fourth-order valence-corrected chi connectivity index (χ4v) is 1.40. The SMILES string of the molecule is Brc1ccc(/C=C\c2ccco2)cc1. The Balaban J connectivity index is 2.15. The van der Waals surface area contributed by atoms with Gasteiger partial charge < -0.3 is 4.42 Å². The Labute approximate surface area is 91.2 Å². The van der Waals surface area contributed by atoms with Gasteiger partial charge in [-0.2, -0.15) is 0 Å². The van der Waals surface area contributed by atoms with E-state index in [0.29, 0.717) is 0 Å². The van der Waals surface area contributed by atoms with Crippen LogP contribution in [0.3, 0.4) is 0 Å². The van der Waals surface area contributed by atoms with Crippen LogP contribution in [0.15, 0.2) is 51.6 Å². The van der Waals surface area contributed by atoms with Crippen molar-refractivity contribution in [2.24, 2.45) is 0 Å². The lowest BCUT2D eigenvalue weighted by Crippen LogP contribution is -1.70. The molecule has 0 atom stereocenters. The van der Waals surface area contributed by atoms with E-state index in [1.54, 1.807) is 6.26 Å². The van der Waals surface area contributed by atoms with Crippen LogP contribution in [0.2, 0.25) is 0 Å². The summed E-state index contributed by atoms with van der Waals surface area (Å²) < 4.78 is 6.27. The molecular formula is C12H9BrO. The second-order valence-corrected chi connectivity index (χ2v) is 3.82.